The highest BCUT2D eigenvalue weighted by molar-refractivity contribution is 9.10. The Bertz CT molecular complexity index is 983. The van der Waals surface area contributed by atoms with E-state index in [0.717, 1.165) is 40.9 Å². The Morgan fingerprint density at radius 1 is 1.24 bits per heavy atom. The van der Waals surface area contributed by atoms with Crippen LogP contribution in [-0.2, 0) is 11.3 Å². The van der Waals surface area contributed by atoms with Crippen LogP contribution in [0.2, 0.25) is 0 Å². The van der Waals surface area contributed by atoms with Crippen LogP contribution in [0.3, 0.4) is 0 Å². The first-order valence-electron chi connectivity index (χ1n) is 9.75. The van der Waals surface area contributed by atoms with E-state index in [0.29, 0.717) is 18.8 Å². The van der Waals surface area contributed by atoms with Gasteiger partial charge in [-0.25, -0.2) is 4.68 Å². The predicted molar refractivity (Wildman–Crippen MR) is 114 cm³/mol. The molecular weight excluding hydrogens is 432 g/mol. The molecule has 150 valence electrons. The van der Waals surface area contributed by atoms with Crippen molar-refractivity contribution < 1.29 is 9.53 Å². The van der Waals surface area contributed by atoms with Crippen LogP contribution >= 0.6 is 15.9 Å². The maximum atomic E-state index is 13.4. The Balaban J connectivity index is 1.61. The second kappa shape index (κ2) is 8.88. The van der Waals surface area contributed by atoms with Gasteiger partial charge >= 0.3 is 0 Å². The summed E-state index contributed by atoms with van der Waals surface area (Å²) in [6, 6.07) is 17.8. The molecule has 0 saturated carbocycles. The highest BCUT2D eigenvalue weighted by Gasteiger charge is 2.27. The van der Waals surface area contributed by atoms with Crippen LogP contribution in [0.15, 0.2) is 59.1 Å². The zero-order valence-electron chi connectivity index (χ0n) is 16.3. The van der Waals surface area contributed by atoms with Gasteiger partial charge in [0.25, 0.3) is 5.91 Å². The number of benzene rings is 2. The van der Waals surface area contributed by atoms with Gasteiger partial charge in [0.1, 0.15) is 0 Å². The molecule has 1 unspecified atom stereocenters. The number of halogens is 1. The number of amides is 1. The van der Waals surface area contributed by atoms with Gasteiger partial charge in [-0.3, -0.25) is 4.79 Å². The molecule has 1 aliphatic heterocycles. The van der Waals surface area contributed by atoms with Crippen LogP contribution < -0.4 is 0 Å². The molecule has 0 bridgehead atoms. The molecule has 1 aliphatic rings. The first-order chi connectivity index (χ1) is 14.1. The second-order valence-corrected chi connectivity index (χ2v) is 8.14. The van der Waals surface area contributed by atoms with Crippen LogP contribution in [0.25, 0.3) is 5.69 Å². The van der Waals surface area contributed by atoms with Crippen LogP contribution in [0.5, 0.6) is 0 Å². The van der Waals surface area contributed by atoms with E-state index in [1.54, 1.807) is 4.68 Å². The van der Waals surface area contributed by atoms with Crippen LogP contribution in [0.1, 0.15) is 34.6 Å². The van der Waals surface area contributed by atoms with E-state index in [1.807, 2.05) is 66.4 Å². The number of carbonyl (C=O) groups excluding carboxylic acids is 1. The Labute approximate surface area is 178 Å². The molecule has 0 spiro atoms. The lowest BCUT2D eigenvalue weighted by Crippen LogP contribution is -2.37. The summed E-state index contributed by atoms with van der Waals surface area (Å²) in [5.74, 6) is -0.122. The number of ether oxygens (including phenoxy) is 1. The molecule has 1 saturated heterocycles. The average Bonchev–Trinajstić information content (AvgIpc) is 3.37. The molecule has 4 rings (SSSR count). The topological polar surface area (TPSA) is 60.3 Å². The van der Waals surface area contributed by atoms with Crippen molar-refractivity contribution in [3.8, 4) is 5.69 Å². The number of nitrogens with zero attached hydrogens (tertiary/aromatic N) is 4. The van der Waals surface area contributed by atoms with Gasteiger partial charge in [0.2, 0.25) is 0 Å². The van der Waals surface area contributed by atoms with Gasteiger partial charge in [-0.2, -0.15) is 0 Å². The maximum absolute atomic E-state index is 13.4. The summed E-state index contributed by atoms with van der Waals surface area (Å²) in [5.41, 5.74) is 3.03. The molecule has 6 nitrogen and oxygen atoms in total. The normalized spacial score (nSPS) is 16.1. The van der Waals surface area contributed by atoms with E-state index in [2.05, 4.69) is 26.2 Å². The fraction of sp³-hybridized carbons (Fsp3) is 0.318. The van der Waals surface area contributed by atoms with E-state index < -0.39 is 0 Å². The van der Waals surface area contributed by atoms with E-state index >= 15 is 0 Å². The van der Waals surface area contributed by atoms with Crippen LogP contribution in [-0.4, -0.2) is 45.1 Å². The zero-order chi connectivity index (χ0) is 20.2. The summed E-state index contributed by atoms with van der Waals surface area (Å²) in [5, 5.41) is 8.46. The quantitative estimate of drug-likeness (QED) is 0.560. The molecule has 1 aromatic heterocycles. The Morgan fingerprint density at radius 2 is 2.07 bits per heavy atom. The Kier molecular flexibility index (Phi) is 6.06. The Hall–Kier alpha value is -2.51. The standard InChI is InChI=1S/C22H23BrN4O2/c1-16-21(24-25-27(16)19-10-5-9-18(23)13-19)22(28)26(15-20-11-6-12-29-20)14-17-7-3-2-4-8-17/h2-5,7-10,13,20H,6,11-12,14-15H2,1H3. The lowest BCUT2D eigenvalue weighted by molar-refractivity contribution is 0.0502. The zero-order valence-corrected chi connectivity index (χ0v) is 17.9. The lowest BCUT2D eigenvalue weighted by atomic mass is 10.1. The van der Waals surface area contributed by atoms with Crippen molar-refractivity contribution in [2.75, 3.05) is 13.2 Å². The first-order valence-corrected chi connectivity index (χ1v) is 10.5. The highest BCUT2D eigenvalue weighted by Crippen LogP contribution is 2.20. The first kappa shape index (κ1) is 19.8. The average molecular weight is 455 g/mol. The molecular formula is C22H23BrN4O2. The van der Waals surface area contributed by atoms with Gasteiger partial charge in [0, 0.05) is 24.2 Å². The number of hydrogen-bond acceptors (Lipinski definition) is 4. The van der Waals surface area contributed by atoms with Gasteiger partial charge in [0.05, 0.1) is 17.5 Å². The molecule has 7 heteroatoms. The van der Waals surface area contributed by atoms with Crippen molar-refractivity contribution in [2.45, 2.75) is 32.4 Å². The SMILES string of the molecule is Cc1c(C(=O)N(Cc2ccccc2)CC2CCCO2)nnn1-c1cccc(Br)c1. The van der Waals surface area contributed by atoms with Crippen molar-refractivity contribution >= 4 is 21.8 Å². The Morgan fingerprint density at radius 3 is 2.79 bits per heavy atom. The number of aromatic nitrogens is 3. The van der Waals surface area contributed by atoms with E-state index in [-0.39, 0.29) is 12.0 Å². The molecule has 0 N–H and O–H groups in total. The summed E-state index contributed by atoms with van der Waals surface area (Å²) < 4.78 is 8.43. The summed E-state index contributed by atoms with van der Waals surface area (Å²) in [4.78, 5) is 15.2. The largest absolute Gasteiger partial charge is 0.376 e. The van der Waals surface area contributed by atoms with Gasteiger partial charge < -0.3 is 9.64 Å². The highest BCUT2D eigenvalue weighted by atomic mass is 79.9. The minimum absolute atomic E-state index is 0.0723. The van der Waals surface area contributed by atoms with Gasteiger partial charge in [-0.1, -0.05) is 57.5 Å². The summed E-state index contributed by atoms with van der Waals surface area (Å²) in [6.07, 6.45) is 2.08. The fourth-order valence-electron chi connectivity index (χ4n) is 3.59. The van der Waals surface area contributed by atoms with E-state index in [4.69, 9.17) is 4.74 Å². The maximum Gasteiger partial charge on any atom is 0.276 e. The van der Waals surface area contributed by atoms with E-state index in [1.165, 1.54) is 0 Å². The van der Waals surface area contributed by atoms with Crippen molar-refractivity contribution in [1.82, 2.24) is 19.9 Å². The van der Waals surface area contributed by atoms with Crippen molar-refractivity contribution in [2.24, 2.45) is 0 Å². The monoisotopic (exact) mass is 454 g/mol. The van der Waals surface area contributed by atoms with Crippen molar-refractivity contribution in [3.63, 3.8) is 0 Å². The molecule has 2 aromatic carbocycles. The second-order valence-electron chi connectivity index (χ2n) is 7.22. The fourth-order valence-corrected chi connectivity index (χ4v) is 3.97. The molecule has 1 amide bonds. The molecule has 1 fully saturated rings. The van der Waals surface area contributed by atoms with Gasteiger partial charge in [-0.15, -0.1) is 5.10 Å². The lowest BCUT2D eigenvalue weighted by Gasteiger charge is -2.25. The molecule has 3 aromatic rings. The minimum Gasteiger partial charge on any atom is -0.376 e. The number of carbonyl (C=O) groups is 1. The molecule has 29 heavy (non-hydrogen) atoms. The number of hydrogen-bond donors (Lipinski definition) is 0. The third kappa shape index (κ3) is 4.57. The van der Waals surface area contributed by atoms with Crippen LogP contribution in [0, 0.1) is 6.92 Å². The molecule has 0 aliphatic carbocycles. The predicted octanol–water partition coefficient (Wildman–Crippen LogP) is 4.16. The molecule has 0 radical (unpaired) electrons. The van der Waals surface area contributed by atoms with E-state index in [9.17, 15) is 4.79 Å². The summed E-state index contributed by atoms with van der Waals surface area (Å²) in [7, 11) is 0. The smallest absolute Gasteiger partial charge is 0.276 e. The molecule has 1 atom stereocenters. The third-order valence-electron chi connectivity index (χ3n) is 5.10. The summed E-state index contributed by atoms with van der Waals surface area (Å²) >= 11 is 3.48. The third-order valence-corrected chi connectivity index (χ3v) is 5.59. The molecule has 2 heterocycles. The van der Waals surface area contributed by atoms with Gasteiger partial charge in [-0.05, 0) is 43.5 Å². The minimum atomic E-state index is -0.122. The van der Waals surface area contributed by atoms with Gasteiger partial charge in [0.15, 0.2) is 5.69 Å². The number of rotatable bonds is 6. The van der Waals surface area contributed by atoms with Crippen LogP contribution in [0.4, 0.5) is 0 Å². The van der Waals surface area contributed by atoms with Crippen molar-refractivity contribution in [1.29, 1.82) is 0 Å². The van der Waals surface area contributed by atoms with Crippen molar-refractivity contribution in [3.05, 3.63) is 76.0 Å². The summed E-state index contributed by atoms with van der Waals surface area (Å²) in [6.45, 7) is 3.71.